The number of fused-ring (bicyclic) bond motifs is 1. The summed E-state index contributed by atoms with van der Waals surface area (Å²) in [6.07, 6.45) is 4.76. The fourth-order valence-corrected chi connectivity index (χ4v) is 2.63. The number of nitrogens with zero attached hydrogens (tertiary/aromatic N) is 2. The SMILES string of the molecule is Cc1cc(Br)ccc1NC(=O)/C=C/c1cnc2ccccc2n1. The molecule has 3 aromatic rings. The molecule has 1 amide bonds. The lowest BCUT2D eigenvalue weighted by molar-refractivity contribution is -0.111. The first-order chi connectivity index (χ1) is 11.1. The van der Waals surface area contributed by atoms with Gasteiger partial charge in [-0.3, -0.25) is 9.78 Å². The van der Waals surface area contributed by atoms with Crippen LogP contribution in [0.2, 0.25) is 0 Å². The summed E-state index contributed by atoms with van der Waals surface area (Å²) in [4.78, 5) is 20.8. The van der Waals surface area contributed by atoms with E-state index in [9.17, 15) is 4.79 Å². The van der Waals surface area contributed by atoms with Gasteiger partial charge in [0, 0.05) is 16.2 Å². The van der Waals surface area contributed by atoms with Crippen LogP contribution >= 0.6 is 15.9 Å². The molecule has 4 nitrogen and oxygen atoms in total. The van der Waals surface area contributed by atoms with Gasteiger partial charge in [0.2, 0.25) is 5.91 Å². The smallest absolute Gasteiger partial charge is 0.248 e. The quantitative estimate of drug-likeness (QED) is 0.700. The second-order valence-corrected chi connectivity index (χ2v) is 5.98. The second-order valence-electron chi connectivity index (χ2n) is 5.07. The minimum atomic E-state index is -0.203. The van der Waals surface area contributed by atoms with Gasteiger partial charge in [-0.1, -0.05) is 28.1 Å². The average molecular weight is 368 g/mol. The van der Waals surface area contributed by atoms with Gasteiger partial charge in [-0.2, -0.15) is 0 Å². The lowest BCUT2D eigenvalue weighted by Gasteiger charge is -2.06. The topological polar surface area (TPSA) is 54.9 Å². The van der Waals surface area contributed by atoms with Gasteiger partial charge in [0.25, 0.3) is 0 Å². The van der Waals surface area contributed by atoms with Gasteiger partial charge in [0.1, 0.15) is 0 Å². The number of hydrogen-bond donors (Lipinski definition) is 1. The van der Waals surface area contributed by atoms with E-state index < -0.39 is 0 Å². The summed E-state index contributed by atoms with van der Waals surface area (Å²) in [6, 6.07) is 13.3. The maximum absolute atomic E-state index is 12.0. The number of benzene rings is 2. The van der Waals surface area contributed by atoms with Crippen LogP contribution in [0, 0.1) is 6.92 Å². The zero-order valence-electron chi connectivity index (χ0n) is 12.5. The van der Waals surface area contributed by atoms with Crippen molar-refractivity contribution in [1.29, 1.82) is 0 Å². The molecule has 1 heterocycles. The van der Waals surface area contributed by atoms with E-state index in [4.69, 9.17) is 0 Å². The zero-order valence-corrected chi connectivity index (χ0v) is 14.0. The van der Waals surface area contributed by atoms with Gasteiger partial charge in [-0.25, -0.2) is 4.98 Å². The van der Waals surface area contributed by atoms with E-state index in [1.54, 1.807) is 12.3 Å². The third-order valence-electron chi connectivity index (χ3n) is 3.32. The van der Waals surface area contributed by atoms with Gasteiger partial charge in [-0.15, -0.1) is 0 Å². The summed E-state index contributed by atoms with van der Waals surface area (Å²) >= 11 is 3.40. The largest absolute Gasteiger partial charge is 0.322 e. The Morgan fingerprint density at radius 2 is 1.96 bits per heavy atom. The molecule has 0 aliphatic rings. The third kappa shape index (κ3) is 3.81. The van der Waals surface area contributed by atoms with E-state index in [0.29, 0.717) is 5.69 Å². The number of rotatable bonds is 3. The molecule has 0 aliphatic heterocycles. The maximum atomic E-state index is 12.0. The summed E-state index contributed by atoms with van der Waals surface area (Å²) < 4.78 is 0.981. The van der Waals surface area contributed by atoms with Crippen molar-refractivity contribution in [3.05, 3.63) is 70.5 Å². The molecule has 0 fully saturated rings. The summed E-state index contributed by atoms with van der Waals surface area (Å²) in [6.45, 7) is 1.94. The van der Waals surface area contributed by atoms with Crippen LogP contribution in [0.5, 0.6) is 0 Å². The number of anilines is 1. The highest BCUT2D eigenvalue weighted by atomic mass is 79.9. The number of aryl methyl sites for hydroxylation is 1. The molecule has 0 saturated heterocycles. The highest BCUT2D eigenvalue weighted by molar-refractivity contribution is 9.10. The van der Waals surface area contributed by atoms with Crippen LogP contribution in [0.25, 0.3) is 17.1 Å². The molecule has 0 bridgehead atoms. The Labute approximate surface area is 142 Å². The van der Waals surface area contributed by atoms with Gasteiger partial charge in [-0.05, 0) is 48.9 Å². The Morgan fingerprint density at radius 1 is 1.17 bits per heavy atom. The number of halogens is 1. The van der Waals surface area contributed by atoms with Gasteiger partial charge >= 0.3 is 0 Å². The Morgan fingerprint density at radius 3 is 2.74 bits per heavy atom. The Kier molecular flexibility index (Phi) is 4.48. The standard InChI is InChI=1S/C18H14BrN3O/c1-12-10-13(19)6-8-15(12)22-18(23)9-7-14-11-20-16-4-2-3-5-17(16)21-14/h2-11H,1H3,(H,22,23)/b9-7+. The van der Waals surface area contributed by atoms with Crippen molar-refractivity contribution >= 4 is 44.6 Å². The number of nitrogens with one attached hydrogen (secondary N) is 1. The molecule has 114 valence electrons. The molecular weight excluding hydrogens is 354 g/mol. The molecule has 1 N–H and O–H groups in total. The van der Waals surface area contributed by atoms with E-state index >= 15 is 0 Å². The Bertz CT molecular complexity index is 906. The van der Waals surface area contributed by atoms with Crippen LogP contribution < -0.4 is 5.32 Å². The third-order valence-corrected chi connectivity index (χ3v) is 3.81. The monoisotopic (exact) mass is 367 g/mol. The van der Waals surface area contributed by atoms with Crippen LogP contribution in [0.4, 0.5) is 5.69 Å². The molecule has 0 atom stereocenters. The van der Waals surface area contributed by atoms with E-state index in [2.05, 4.69) is 31.2 Å². The summed E-state index contributed by atoms with van der Waals surface area (Å²) in [7, 11) is 0. The van der Waals surface area contributed by atoms with Crippen LogP contribution in [0.1, 0.15) is 11.3 Å². The first kappa shape index (κ1) is 15.4. The maximum Gasteiger partial charge on any atom is 0.248 e. The number of para-hydroxylation sites is 2. The van der Waals surface area contributed by atoms with Crippen molar-refractivity contribution in [3.8, 4) is 0 Å². The molecule has 3 rings (SSSR count). The number of carbonyl (C=O) groups is 1. The fourth-order valence-electron chi connectivity index (χ4n) is 2.15. The number of amides is 1. The molecule has 0 saturated carbocycles. The van der Waals surface area contributed by atoms with Crippen LogP contribution in [0.15, 0.2) is 59.2 Å². The lowest BCUT2D eigenvalue weighted by atomic mass is 10.2. The van der Waals surface area contributed by atoms with Crippen molar-refractivity contribution in [3.63, 3.8) is 0 Å². The van der Waals surface area contributed by atoms with Gasteiger partial charge < -0.3 is 5.32 Å². The number of carbonyl (C=O) groups excluding carboxylic acids is 1. The van der Waals surface area contributed by atoms with Gasteiger partial charge in [0.05, 0.1) is 22.9 Å². The molecular formula is C18H14BrN3O. The average Bonchev–Trinajstić information content (AvgIpc) is 2.55. The minimum absolute atomic E-state index is 0.203. The highest BCUT2D eigenvalue weighted by Gasteiger charge is 2.02. The molecule has 0 unspecified atom stereocenters. The summed E-state index contributed by atoms with van der Waals surface area (Å²) in [5.41, 5.74) is 4.06. The van der Waals surface area contributed by atoms with Crippen LogP contribution in [-0.2, 0) is 4.79 Å². The molecule has 0 spiro atoms. The second kappa shape index (κ2) is 6.71. The van der Waals surface area contributed by atoms with Gasteiger partial charge in [0.15, 0.2) is 0 Å². The number of hydrogen-bond acceptors (Lipinski definition) is 3. The molecule has 0 radical (unpaired) electrons. The van der Waals surface area contributed by atoms with Crippen molar-refractivity contribution in [2.75, 3.05) is 5.32 Å². The van der Waals surface area contributed by atoms with Crippen molar-refractivity contribution in [1.82, 2.24) is 9.97 Å². The van der Waals surface area contributed by atoms with E-state index in [0.717, 1.165) is 26.8 Å². The molecule has 0 aliphatic carbocycles. The van der Waals surface area contributed by atoms with Crippen molar-refractivity contribution in [2.45, 2.75) is 6.92 Å². The molecule has 23 heavy (non-hydrogen) atoms. The normalized spacial score (nSPS) is 11.0. The molecule has 5 heteroatoms. The highest BCUT2D eigenvalue weighted by Crippen LogP contribution is 2.20. The summed E-state index contributed by atoms with van der Waals surface area (Å²) in [5.74, 6) is -0.203. The first-order valence-electron chi connectivity index (χ1n) is 7.09. The van der Waals surface area contributed by atoms with Crippen molar-refractivity contribution < 1.29 is 4.79 Å². The van der Waals surface area contributed by atoms with E-state index in [-0.39, 0.29) is 5.91 Å². The number of aromatic nitrogens is 2. The van der Waals surface area contributed by atoms with Crippen molar-refractivity contribution in [2.24, 2.45) is 0 Å². The zero-order chi connectivity index (χ0) is 16.2. The minimum Gasteiger partial charge on any atom is -0.322 e. The fraction of sp³-hybridized carbons (Fsp3) is 0.0556. The van der Waals surface area contributed by atoms with Crippen LogP contribution in [0.3, 0.4) is 0 Å². The molecule has 2 aromatic carbocycles. The lowest BCUT2D eigenvalue weighted by Crippen LogP contribution is -2.08. The Balaban J connectivity index is 1.74. The Hall–Kier alpha value is -2.53. The molecule has 1 aromatic heterocycles. The first-order valence-corrected chi connectivity index (χ1v) is 7.88. The van der Waals surface area contributed by atoms with E-state index in [1.807, 2.05) is 49.4 Å². The summed E-state index contributed by atoms with van der Waals surface area (Å²) in [5, 5.41) is 2.85. The van der Waals surface area contributed by atoms with Crippen LogP contribution in [-0.4, -0.2) is 15.9 Å². The predicted octanol–water partition coefficient (Wildman–Crippen LogP) is 4.35. The van der Waals surface area contributed by atoms with E-state index in [1.165, 1.54) is 6.08 Å². The predicted molar refractivity (Wildman–Crippen MR) is 96.1 cm³/mol.